The maximum absolute atomic E-state index is 12.3. The Morgan fingerprint density at radius 2 is 1.94 bits per heavy atom. The Balaban J connectivity index is 1.91. The van der Waals surface area contributed by atoms with Crippen molar-refractivity contribution in [2.75, 3.05) is 13.1 Å². The third-order valence-corrected chi connectivity index (χ3v) is 4.74. The van der Waals surface area contributed by atoms with Crippen molar-refractivity contribution >= 4 is 5.91 Å². The highest BCUT2D eigenvalue weighted by atomic mass is 16.2. The average molecular weight is 252 g/mol. The molecule has 1 heterocycles. The molecule has 0 bridgehead atoms. The number of rotatable bonds is 4. The number of hydrogen-bond acceptors (Lipinski definition) is 2. The van der Waals surface area contributed by atoms with E-state index >= 15 is 0 Å². The Kier molecular flexibility index (Phi) is 5.04. The SMILES string of the molecule is CC(CN)CC(=O)N1CCCC1C1CCCCC1. The first-order valence-corrected chi connectivity index (χ1v) is 7.72. The minimum Gasteiger partial charge on any atom is -0.339 e. The van der Waals surface area contributed by atoms with Crippen LogP contribution in [0.5, 0.6) is 0 Å². The van der Waals surface area contributed by atoms with E-state index in [4.69, 9.17) is 5.73 Å². The molecule has 1 saturated heterocycles. The fourth-order valence-corrected chi connectivity index (χ4v) is 3.61. The van der Waals surface area contributed by atoms with E-state index in [0.717, 1.165) is 12.5 Å². The Morgan fingerprint density at radius 3 is 2.61 bits per heavy atom. The molecule has 1 amide bonds. The number of carbonyl (C=O) groups is 1. The molecule has 2 unspecified atom stereocenters. The van der Waals surface area contributed by atoms with Crippen LogP contribution in [0, 0.1) is 11.8 Å². The van der Waals surface area contributed by atoms with Gasteiger partial charge in [-0.2, -0.15) is 0 Å². The van der Waals surface area contributed by atoms with Gasteiger partial charge in [0.1, 0.15) is 0 Å². The smallest absolute Gasteiger partial charge is 0.223 e. The van der Waals surface area contributed by atoms with E-state index in [1.54, 1.807) is 0 Å². The quantitative estimate of drug-likeness (QED) is 0.835. The second kappa shape index (κ2) is 6.55. The third-order valence-electron chi connectivity index (χ3n) is 4.74. The van der Waals surface area contributed by atoms with E-state index in [1.807, 2.05) is 0 Å². The number of carbonyl (C=O) groups excluding carboxylic acids is 1. The number of hydrogen-bond donors (Lipinski definition) is 1. The van der Waals surface area contributed by atoms with Crippen molar-refractivity contribution in [2.45, 2.75) is 64.3 Å². The zero-order valence-corrected chi connectivity index (χ0v) is 11.7. The fraction of sp³-hybridized carbons (Fsp3) is 0.933. The van der Waals surface area contributed by atoms with Gasteiger partial charge in [-0.15, -0.1) is 0 Å². The molecule has 0 spiro atoms. The molecule has 2 atom stereocenters. The van der Waals surface area contributed by atoms with E-state index in [0.29, 0.717) is 30.8 Å². The Labute approximate surface area is 111 Å². The van der Waals surface area contributed by atoms with E-state index in [1.165, 1.54) is 44.9 Å². The molecule has 104 valence electrons. The summed E-state index contributed by atoms with van der Waals surface area (Å²) in [4.78, 5) is 14.5. The van der Waals surface area contributed by atoms with Gasteiger partial charge in [0.25, 0.3) is 0 Å². The molecule has 2 aliphatic rings. The summed E-state index contributed by atoms with van der Waals surface area (Å²) < 4.78 is 0. The van der Waals surface area contributed by atoms with Gasteiger partial charge in [-0.3, -0.25) is 4.79 Å². The second-order valence-electron chi connectivity index (χ2n) is 6.24. The van der Waals surface area contributed by atoms with Crippen molar-refractivity contribution in [3.63, 3.8) is 0 Å². The number of nitrogens with zero attached hydrogens (tertiary/aromatic N) is 1. The van der Waals surface area contributed by atoms with Gasteiger partial charge in [0.15, 0.2) is 0 Å². The summed E-state index contributed by atoms with van der Waals surface area (Å²) in [5.41, 5.74) is 5.63. The minimum atomic E-state index is 0.324. The largest absolute Gasteiger partial charge is 0.339 e. The van der Waals surface area contributed by atoms with Gasteiger partial charge in [0, 0.05) is 19.0 Å². The lowest BCUT2D eigenvalue weighted by Crippen LogP contribution is -2.41. The summed E-state index contributed by atoms with van der Waals surface area (Å²) in [6.07, 6.45) is 9.85. The van der Waals surface area contributed by atoms with Crippen LogP contribution in [-0.2, 0) is 4.79 Å². The predicted molar refractivity (Wildman–Crippen MR) is 74.1 cm³/mol. The van der Waals surface area contributed by atoms with E-state index in [9.17, 15) is 4.79 Å². The van der Waals surface area contributed by atoms with Crippen LogP contribution in [0.1, 0.15) is 58.3 Å². The highest BCUT2D eigenvalue weighted by Gasteiger charge is 2.35. The first-order valence-electron chi connectivity index (χ1n) is 7.72. The van der Waals surface area contributed by atoms with Gasteiger partial charge in [-0.25, -0.2) is 0 Å². The molecule has 0 aromatic heterocycles. The van der Waals surface area contributed by atoms with Gasteiger partial charge >= 0.3 is 0 Å². The molecule has 0 radical (unpaired) electrons. The molecular formula is C15H28N2O. The predicted octanol–water partition coefficient (Wildman–Crippen LogP) is 2.54. The lowest BCUT2D eigenvalue weighted by molar-refractivity contribution is -0.134. The summed E-state index contributed by atoms with van der Waals surface area (Å²) in [5.74, 6) is 1.45. The Hall–Kier alpha value is -0.570. The first kappa shape index (κ1) is 13.9. The standard InChI is InChI=1S/C15H28N2O/c1-12(11-16)10-15(18)17-9-5-8-14(17)13-6-3-2-4-7-13/h12-14H,2-11,16H2,1H3. The lowest BCUT2D eigenvalue weighted by atomic mass is 9.83. The Morgan fingerprint density at radius 1 is 1.22 bits per heavy atom. The normalized spacial score (nSPS) is 27.4. The molecule has 0 aromatic rings. The molecule has 1 saturated carbocycles. The zero-order valence-electron chi connectivity index (χ0n) is 11.7. The topological polar surface area (TPSA) is 46.3 Å². The molecular weight excluding hydrogens is 224 g/mol. The van der Waals surface area contributed by atoms with Gasteiger partial charge in [-0.05, 0) is 44.1 Å². The monoisotopic (exact) mass is 252 g/mol. The Bertz CT molecular complexity index is 274. The molecule has 2 N–H and O–H groups in total. The average Bonchev–Trinajstić information content (AvgIpc) is 2.88. The molecule has 0 aromatic carbocycles. The number of nitrogens with two attached hydrogens (primary N) is 1. The molecule has 3 heteroatoms. The van der Waals surface area contributed by atoms with Gasteiger partial charge in [-0.1, -0.05) is 26.2 Å². The maximum atomic E-state index is 12.3. The maximum Gasteiger partial charge on any atom is 0.223 e. The molecule has 2 fully saturated rings. The van der Waals surface area contributed by atoms with Gasteiger partial charge in [0.2, 0.25) is 5.91 Å². The summed E-state index contributed by atoms with van der Waals surface area (Å²) in [6.45, 7) is 3.68. The van der Waals surface area contributed by atoms with Crippen LogP contribution < -0.4 is 5.73 Å². The summed E-state index contributed by atoms with van der Waals surface area (Å²) in [6, 6.07) is 0.544. The molecule has 1 aliphatic heterocycles. The van der Waals surface area contributed by atoms with Gasteiger partial charge < -0.3 is 10.6 Å². The van der Waals surface area contributed by atoms with Crippen molar-refractivity contribution in [3.8, 4) is 0 Å². The van der Waals surface area contributed by atoms with Crippen LogP contribution >= 0.6 is 0 Å². The van der Waals surface area contributed by atoms with Crippen LogP contribution in [0.3, 0.4) is 0 Å². The minimum absolute atomic E-state index is 0.324. The van der Waals surface area contributed by atoms with Crippen LogP contribution in [0.15, 0.2) is 0 Å². The molecule has 3 nitrogen and oxygen atoms in total. The van der Waals surface area contributed by atoms with Crippen LogP contribution in [0.4, 0.5) is 0 Å². The molecule has 18 heavy (non-hydrogen) atoms. The van der Waals surface area contributed by atoms with E-state index in [2.05, 4.69) is 11.8 Å². The van der Waals surface area contributed by atoms with Crippen LogP contribution in [-0.4, -0.2) is 29.9 Å². The van der Waals surface area contributed by atoms with Crippen molar-refractivity contribution in [2.24, 2.45) is 17.6 Å². The summed E-state index contributed by atoms with van der Waals surface area (Å²) in [7, 11) is 0. The number of likely N-dealkylation sites (tertiary alicyclic amines) is 1. The third kappa shape index (κ3) is 3.25. The van der Waals surface area contributed by atoms with Gasteiger partial charge in [0.05, 0.1) is 0 Å². The van der Waals surface area contributed by atoms with Crippen LogP contribution in [0.25, 0.3) is 0 Å². The van der Waals surface area contributed by atoms with Crippen molar-refractivity contribution in [1.29, 1.82) is 0 Å². The van der Waals surface area contributed by atoms with E-state index in [-0.39, 0.29) is 0 Å². The summed E-state index contributed by atoms with van der Waals surface area (Å²) in [5, 5.41) is 0. The lowest BCUT2D eigenvalue weighted by Gasteiger charge is -2.34. The number of amides is 1. The van der Waals surface area contributed by atoms with Crippen molar-refractivity contribution in [3.05, 3.63) is 0 Å². The van der Waals surface area contributed by atoms with E-state index < -0.39 is 0 Å². The molecule has 1 aliphatic carbocycles. The highest BCUT2D eigenvalue weighted by Crippen LogP contribution is 2.34. The highest BCUT2D eigenvalue weighted by molar-refractivity contribution is 5.77. The molecule has 2 rings (SSSR count). The fourth-order valence-electron chi connectivity index (χ4n) is 3.61. The summed E-state index contributed by atoms with van der Waals surface area (Å²) >= 11 is 0. The second-order valence-corrected chi connectivity index (χ2v) is 6.24. The zero-order chi connectivity index (χ0) is 13.0. The van der Waals surface area contributed by atoms with Crippen molar-refractivity contribution < 1.29 is 4.79 Å². The van der Waals surface area contributed by atoms with Crippen LogP contribution in [0.2, 0.25) is 0 Å². The van der Waals surface area contributed by atoms with Crippen molar-refractivity contribution in [1.82, 2.24) is 4.90 Å². The first-order chi connectivity index (χ1) is 8.72.